The number of anilines is 1. The van der Waals surface area contributed by atoms with Crippen LogP contribution >= 0.6 is 0 Å². The van der Waals surface area contributed by atoms with Crippen LogP contribution in [0.4, 0.5) is 11.5 Å². The van der Waals surface area contributed by atoms with E-state index < -0.39 is 10.9 Å². The standard InChI is InChI=1S/C10H14N4O4/c1-12-6-8(14(17)18)10(11-12)13(7-2-3-7)5-4-9(15)16/h6-7H,2-5H2,1H3,(H,15,16). The number of nitro groups is 1. The van der Waals surface area contributed by atoms with Crippen LogP contribution in [0.5, 0.6) is 0 Å². The summed E-state index contributed by atoms with van der Waals surface area (Å²) in [6, 6.07) is 0.179. The molecule has 1 saturated carbocycles. The molecule has 0 saturated heterocycles. The van der Waals surface area contributed by atoms with Gasteiger partial charge in [0, 0.05) is 19.6 Å². The molecule has 0 spiro atoms. The van der Waals surface area contributed by atoms with E-state index in [1.807, 2.05) is 0 Å². The normalized spacial score (nSPS) is 14.5. The first-order chi connectivity index (χ1) is 8.49. The highest BCUT2D eigenvalue weighted by atomic mass is 16.6. The first-order valence-corrected chi connectivity index (χ1v) is 5.65. The number of hydrogen-bond acceptors (Lipinski definition) is 5. The fourth-order valence-corrected chi connectivity index (χ4v) is 1.86. The Morgan fingerprint density at radius 1 is 1.72 bits per heavy atom. The lowest BCUT2D eigenvalue weighted by molar-refractivity contribution is -0.384. The van der Waals surface area contributed by atoms with Crippen molar-refractivity contribution in [3.63, 3.8) is 0 Å². The number of carbonyl (C=O) groups is 1. The number of rotatable bonds is 6. The zero-order valence-corrected chi connectivity index (χ0v) is 9.94. The van der Waals surface area contributed by atoms with Crippen LogP contribution in [0.25, 0.3) is 0 Å². The van der Waals surface area contributed by atoms with Crippen LogP contribution < -0.4 is 4.90 Å². The van der Waals surface area contributed by atoms with Gasteiger partial charge in [-0.2, -0.15) is 0 Å². The Morgan fingerprint density at radius 2 is 2.39 bits per heavy atom. The number of aryl methyl sites for hydroxylation is 1. The van der Waals surface area contributed by atoms with Crippen molar-refractivity contribution in [1.29, 1.82) is 0 Å². The molecule has 0 radical (unpaired) electrons. The topological polar surface area (TPSA) is 102 Å². The van der Waals surface area contributed by atoms with Gasteiger partial charge in [-0.25, -0.2) is 0 Å². The lowest BCUT2D eigenvalue weighted by atomic mass is 10.3. The highest BCUT2D eigenvalue weighted by Gasteiger charge is 2.35. The van der Waals surface area contributed by atoms with Crippen LogP contribution in [-0.2, 0) is 11.8 Å². The molecular weight excluding hydrogens is 240 g/mol. The average molecular weight is 254 g/mol. The lowest BCUT2D eigenvalue weighted by Crippen LogP contribution is -2.29. The second-order valence-corrected chi connectivity index (χ2v) is 4.34. The highest BCUT2D eigenvalue weighted by molar-refractivity contribution is 5.68. The molecular formula is C10H14N4O4. The summed E-state index contributed by atoms with van der Waals surface area (Å²) in [4.78, 5) is 22.8. The van der Waals surface area contributed by atoms with Gasteiger partial charge >= 0.3 is 11.7 Å². The summed E-state index contributed by atoms with van der Waals surface area (Å²) in [7, 11) is 1.61. The number of aliphatic carboxylic acids is 1. The molecule has 0 amide bonds. The Hall–Kier alpha value is -2.12. The number of nitrogens with zero attached hydrogens (tertiary/aromatic N) is 4. The molecule has 0 atom stereocenters. The summed E-state index contributed by atoms with van der Waals surface area (Å²) in [5.41, 5.74) is -0.0743. The van der Waals surface area contributed by atoms with E-state index >= 15 is 0 Å². The Bertz CT molecular complexity index is 480. The molecule has 1 N–H and O–H groups in total. The number of hydrogen-bond donors (Lipinski definition) is 1. The van der Waals surface area contributed by atoms with Crippen molar-refractivity contribution in [2.75, 3.05) is 11.4 Å². The maximum absolute atomic E-state index is 10.9. The molecule has 98 valence electrons. The van der Waals surface area contributed by atoms with Gasteiger partial charge in [0.1, 0.15) is 6.20 Å². The van der Waals surface area contributed by atoms with E-state index in [1.54, 1.807) is 11.9 Å². The van der Waals surface area contributed by atoms with E-state index in [2.05, 4.69) is 5.10 Å². The maximum Gasteiger partial charge on any atom is 0.330 e. The second kappa shape index (κ2) is 4.63. The molecule has 0 aliphatic heterocycles. The van der Waals surface area contributed by atoms with Crippen molar-refractivity contribution >= 4 is 17.5 Å². The van der Waals surface area contributed by atoms with Gasteiger partial charge in [0.15, 0.2) is 0 Å². The largest absolute Gasteiger partial charge is 0.481 e. The molecule has 1 aromatic heterocycles. The van der Waals surface area contributed by atoms with Gasteiger partial charge in [0.05, 0.1) is 11.3 Å². The van der Waals surface area contributed by atoms with Crippen LogP contribution in [0.15, 0.2) is 6.20 Å². The van der Waals surface area contributed by atoms with Crippen LogP contribution in [-0.4, -0.2) is 38.4 Å². The molecule has 1 aromatic rings. The summed E-state index contributed by atoms with van der Waals surface area (Å²) < 4.78 is 1.38. The van der Waals surface area contributed by atoms with Gasteiger partial charge < -0.3 is 10.0 Å². The summed E-state index contributed by atoms with van der Waals surface area (Å²) in [6.45, 7) is 0.248. The summed E-state index contributed by atoms with van der Waals surface area (Å²) >= 11 is 0. The predicted molar refractivity (Wildman–Crippen MR) is 62.5 cm³/mol. The van der Waals surface area contributed by atoms with Gasteiger partial charge in [-0.1, -0.05) is 0 Å². The van der Waals surface area contributed by atoms with E-state index in [1.165, 1.54) is 10.9 Å². The molecule has 1 aliphatic carbocycles. The van der Waals surface area contributed by atoms with E-state index in [0.29, 0.717) is 0 Å². The second-order valence-electron chi connectivity index (χ2n) is 4.34. The molecule has 2 rings (SSSR count). The Balaban J connectivity index is 2.24. The Labute approximate surface area is 103 Å². The fraction of sp³-hybridized carbons (Fsp3) is 0.600. The Kier molecular flexibility index (Phi) is 3.17. The van der Waals surface area contributed by atoms with Gasteiger partial charge in [0.25, 0.3) is 0 Å². The van der Waals surface area contributed by atoms with E-state index in [9.17, 15) is 14.9 Å². The summed E-state index contributed by atoms with van der Waals surface area (Å²) in [5.74, 6) is -0.648. The molecule has 8 nitrogen and oxygen atoms in total. The van der Waals surface area contributed by atoms with Gasteiger partial charge in [-0.3, -0.25) is 19.6 Å². The monoisotopic (exact) mass is 254 g/mol. The third-order valence-electron chi connectivity index (χ3n) is 2.81. The SMILES string of the molecule is Cn1cc([N+](=O)[O-])c(N(CCC(=O)O)C2CC2)n1. The van der Waals surface area contributed by atoms with E-state index in [4.69, 9.17) is 5.11 Å². The van der Waals surface area contributed by atoms with Crippen LogP contribution in [0.1, 0.15) is 19.3 Å². The predicted octanol–water partition coefficient (Wildman–Crippen LogP) is 0.772. The summed E-state index contributed by atoms with van der Waals surface area (Å²) in [6.07, 6.45) is 3.14. The minimum absolute atomic E-state index is 0.0514. The van der Waals surface area contributed by atoms with Crippen LogP contribution in [0.2, 0.25) is 0 Å². The molecule has 1 aliphatic rings. The van der Waals surface area contributed by atoms with Crippen molar-refractivity contribution in [2.45, 2.75) is 25.3 Å². The van der Waals surface area contributed by atoms with Crippen molar-refractivity contribution in [2.24, 2.45) is 7.05 Å². The number of carboxylic acid groups (broad SMARTS) is 1. The zero-order chi connectivity index (χ0) is 13.3. The Morgan fingerprint density at radius 3 is 2.89 bits per heavy atom. The van der Waals surface area contributed by atoms with E-state index in [0.717, 1.165) is 12.8 Å². The van der Waals surface area contributed by atoms with Crippen molar-refractivity contribution in [1.82, 2.24) is 9.78 Å². The van der Waals surface area contributed by atoms with Crippen molar-refractivity contribution in [3.8, 4) is 0 Å². The van der Waals surface area contributed by atoms with Gasteiger partial charge in [0.2, 0.25) is 5.82 Å². The molecule has 1 fully saturated rings. The van der Waals surface area contributed by atoms with E-state index in [-0.39, 0.29) is 30.5 Å². The minimum Gasteiger partial charge on any atom is -0.481 e. The maximum atomic E-state index is 10.9. The smallest absolute Gasteiger partial charge is 0.330 e. The quantitative estimate of drug-likeness (QED) is 0.594. The number of aromatic nitrogens is 2. The first kappa shape index (κ1) is 12.3. The third-order valence-corrected chi connectivity index (χ3v) is 2.81. The highest BCUT2D eigenvalue weighted by Crippen LogP contribution is 2.35. The molecule has 18 heavy (non-hydrogen) atoms. The van der Waals surface area contributed by atoms with Crippen molar-refractivity contribution < 1.29 is 14.8 Å². The average Bonchev–Trinajstić information content (AvgIpc) is 3.02. The van der Waals surface area contributed by atoms with Crippen molar-refractivity contribution in [3.05, 3.63) is 16.3 Å². The first-order valence-electron chi connectivity index (χ1n) is 5.65. The fourth-order valence-electron chi connectivity index (χ4n) is 1.86. The zero-order valence-electron chi connectivity index (χ0n) is 9.94. The summed E-state index contributed by atoms with van der Waals surface area (Å²) in [5, 5.41) is 23.7. The minimum atomic E-state index is -0.917. The third kappa shape index (κ3) is 2.58. The molecule has 0 aromatic carbocycles. The molecule has 0 unspecified atom stereocenters. The van der Waals surface area contributed by atoms with Gasteiger partial charge in [-0.15, -0.1) is 5.10 Å². The number of carboxylic acids is 1. The van der Waals surface area contributed by atoms with Crippen LogP contribution in [0, 0.1) is 10.1 Å². The molecule has 0 bridgehead atoms. The molecule has 8 heteroatoms. The van der Waals surface area contributed by atoms with Crippen LogP contribution in [0.3, 0.4) is 0 Å². The lowest BCUT2D eigenvalue weighted by Gasteiger charge is -2.20. The van der Waals surface area contributed by atoms with Gasteiger partial charge in [-0.05, 0) is 12.8 Å². The molecule has 1 heterocycles.